The number of halogens is 1. The number of nitro benzene ring substituents is 1. The van der Waals surface area contributed by atoms with Crippen molar-refractivity contribution in [3.8, 4) is 5.69 Å². The van der Waals surface area contributed by atoms with Crippen molar-refractivity contribution in [2.24, 2.45) is 0 Å². The summed E-state index contributed by atoms with van der Waals surface area (Å²) in [7, 11) is 0. The van der Waals surface area contributed by atoms with E-state index in [-0.39, 0.29) is 16.9 Å². The summed E-state index contributed by atoms with van der Waals surface area (Å²) in [6.45, 7) is 3.33. The third-order valence-electron chi connectivity index (χ3n) is 2.85. The molecule has 0 aliphatic rings. The second-order valence-corrected chi connectivity index (χ2v) is 4.54. The van der Waals surface area contributed by atoms with Gasteiger partial charge < -0.3 is 5.11 Å². The molecule has 1 heterocycles. The highest BCUT2D eigenvalue weighted by atomic mass is 35.5. The number of carboxylic acid groups (broad SMARTS) is 1. The molecule has 0 bridgehead atoms. The van der Waals surface area contributed by atoms with E-state index in [4.69, 9.17) is 11.6 Å². The minimum atomic E-state index is -1.20. The first-order valence-corrected chi connectivity index (χ1v) is 5.94. The zero-order chi connectivity index (χ0) is 15.0. The Labute approximate surface area is 118 Å². The number of hydrogen-bond acceptors (Lipinski definition) is 4. The number of benzene rings is 1. The summed E-state index contributed by atoms with van der Waals surface area (Å²) in [5.41, 5.74) is 0.852. The van der Waals surface area contributed by atoms with Gasteiger partial charge in [-0.15, -0.1) is 0 Å². The van der Waals surface area contributed by atoms with Crippen molar-refractivity contribution < 1.29 is 14.8 Å². The second kappa shape index (κ2) is 4.93. The molecule has 0 atom stereocenters. The summed E-state index contributed by atoms with van der Waals surface area (Å²) in [4.78, 5) is 21.5. The molecule has 0 radical (unpaired) electrons. The number of nitrogens with zero attached hydrogens (tertiary/aromatic N) is 3. The summed E-state index contributed by atoms with van der Waals surface area (Å²) in [6, 6.07) is 3.49. The van der Waals surface area contributed by atoms with E-state index in [0.717, 1.165) is 6.07 Å². The molecule has 0 fully saturated rings. The zero-order valence-electron chi connectivity index (χ0n) is 10.6. The van der Waals surface area contributed by atoms with Crippen LogP contribution in [0.25, 0.3) is 5.69 Å². The van der Waals surface area contributed by atoms with E-state index < -0.39 is 10.9 Å². The van der Waals surface area contributed by atoms with Crippen LogP contribution in [0.2, 0.25) is 5.02 Å². The standard InChI is InChI=1S/C12H10ClN3O4/c1-6-11(13)7(2)15(14-6)10-5-8(16(19)20)3-4-9(10)12(17)18/h3-5H,1-2H3,(H,17,18). The maximum Gasteiger partial charge on any atom is 0.337 e. The van der Waals surface area contributed by atoms with Gasteiger partial charge in [0.15, 0.2) is 0 Å². The molecular formula is C12H10ClN3O4. The first-order chi connectivity index (χ1) is 9.32. The molecule has 0 saturated carbocycles. The van der Waals surface area contributed by atoms with Gasteiger partial charge >= 0.3 is 5.97 Å². The van der Waals surface area contributed by atoms with Crippen LogP contribution in [0.15, 0.2) is 18.2 Å². The predicted octanol–water partition coefficient (Wildman–Crippen LogP) is 2.75. The number of non-ortho nitro benzene ring substituents is 1. The fraction of sp³-hybridized carbons (Fsp3) is 0.167. The molecule has 0 spiro atoms. The molecule has 0 saturated heterocycles. The third-order valence-corrected chi connectivity index (χ3v) is 3.40. The molecule has 1 N–H and O–H groups in total. The quantitative estimate of drug-likeness (QED) is 0.693. The van der Waals surface area contributed by atoms with Crippen molar-refractivity contribution in [2.45, 2.75) is 13.8 Å². The minimum Gasteiger partial charge on any atom is -0.478 e. The summed E-state index contributed by atoms with van der Waals surface area (Å²) in [5.74, 6) is -1.20. The molecule has 104 valence electrons. The number of aryl methyl sites for hydroxylation is 1. The summed E-state index contributed by atoms with van der Waals surface area (Å²) in [6.07, 6.45) is 0. The van der Waals surface area contributed by atoms with Gasteiger partial charge in [-0.3, -0.25) is 10.1 Å². The van der Waals surface area contributed by atoms with Crippen LogP contribution in [0.3, 0.4) is 0 Å². The van der Waals surface area contributed by atoms with Gasteiger partial charge in [0, 0.05) is 12.1 Å². The molecule has 0 unspecified atom stereocenters. The Morgan fingerprint density at radius 1 is 1.45 bits per heavy atom. The van der Waals surface area contributed by atoms with Crippen molar-refractivity contribution in [3.63, 3.8) is 0 Å². The number of hydrogen-bond donors (Lipinski definition) is 1. The number of aromatic nitrogens is 2. The smallest absolute Gasteiger partial charge is 0.337 e. The summed E-state index contributed by atoms with van der Waals surface area (Å²) < 4.78 is 1.30. The first kappa shape index (κ1) is 14.0. The lowest BCUT2D eigenvalue weighted by Crippen LogP contribution is -2.08. The lowest BCUT2D eigenvalue weighted by molar-refractivity contribution is -0.384. The molecule has 1 aromatic carbocycles. The van der Waals surface area contributed by atoms with Gasteiger partial charge in [0.25, 0.3) is 5.69 Å². The SMILES string of the molecule is Cc1nn(-c2cc([N+](=O)[O-])ccc2C(=O)O)c(C)c1Cl. The van der Waals surface area contributed by atoms with E-state index >= 15 is 0 Å². The van der Waals surface area contributed by atoms with Gasteiger partial charge in [0.2, 0.25) is 0 Å². The molecule has 2 rings (SSSR count). The average molecular weight is 296 g/mol. The van der Waals surface area contributed by atoms with Gasteiger partial charge in [-0.1, -0.05) is 11.6 Å². The Bertz CT molecular complexity index is 724. The molecular weight excluding hydrogens is 286 g/mol. The Balaban J connectivity index is 2.75. The number of rotatable bonds is 3. The monoisotopic (exact) mass is 295 g/mol. The second-order valence-electron chi connectivity index (χ2n) is 4.16. The van der Waals surface area contributed by atoms with E-state index in [0.29, 0.717) is 16.4 Å². The molecule has 1 aromatic heterocycles. The van der Waals surface area contributed by atoms with Crippen LogP contribution >= 0.6 is 11.6 Å². The fourth-order valence-electron chi connectivity index (χ4n) is 1.85. The average Bonchev–Trinajstić information content (AvgIpc) is 2.65. The Morgan fingerprint density at radius 2 is 2.10 bits per heavy atom. The van der Waals surface area contributed by atoms with Gasteiger partial charge in [0.1, 0.15) is 0 Å². The molecule has 8 heteroatoms. The van der Waals surface area contributed by atoms with Crippen molar-refractivity contribution in [1.29, 1.82) is 0 Å². The van der Waals surface area contributed by atoms with Crippen LogP contribution in [-0.2, 0) is 0 Å². The van der Waals surface area contributed by atoms with Crippen molar-refractivity contribution >= 4 is 23.3 Å². The van der Waals surface area contributed by atoms with Gasteiger partial charge in [-0.25, -0.2) is 9.48 Å². The highest BCUT2D eigenvalue weighted by Gasteiger charge is 2.20. The Morgan fingerprint density at radius 3 is 2.55 bits per heavy atom. The van der Waals surface area contributed by atoms with Crippen LogP contribution in [0.4, 0.5) is 5.69 Å². The molecule has 20 heavy (non-hydrogen) atoms. The highest BCUT2D eigenvalue weighted by Crippen LogP contribution is 2.27. The maximum atomic E-state index is 11.2. The van der Waals surface area contributed by atoms with Gasteiger partial charge in [-0.2, -0.15) is 5.10 Å². The van der Waals surface area contributed by atoms with E-state index in [1.807, 2.05) is 0 Å². The van der Waals surface area contributed by atoms with Crippen LogP contribution in [0.1, 0.15) is 21.7 Å². The molecule has 7 nitrogen and oxygen atoms in total. The summed E-state index contributed by atoms with van der Waals surface area (Å²) >= 11 is 6.02. The molecule has 2 aromatic rings. The molecule has 0 amide bonds. The molecule has 0 aliphatic heterocycles. The zero-order valence-corrected chi connectivity index (χ0v) is 11.4. The van der Waals surface area contributed by atoms with Crippen LogP contribution in [0.5, 0.6) is 0 Å². The number of nitro groups is 1. The predicted molar refractivity (Wildman–Crippen MR) is 71.7 cm³/mol. The minimum absolute atomic E-state index is 0.0853. The Kier molecular flexibility index (Phi) is 3.46. The van der Waals surface area contributed by atoms with Crippen LogP contribution < -0.4 is 0 Å². The van der Waals surface area contributed by atoms with Gasteiger partial charge in [0.05, 0.1) is 32.6 Å². The largest absolute Gasteiger partial charge is 0.478 e. The third kappa shape index (κ3) is 2.23. The van der Waals surface area contributed by atoms with E-state index in [1.165, 1.54) is 16.8 Å². The van der Waals surface area contributed by atoms with Crippen molar-refractivity contribution in [2.75, 3.05) is 0 Å². The Hall–Kier alpha value is -2.41. The maximum absolute atomic E-state index is 11.2. The molecule has 0 aliphatic carbocycles. The summed E-state index contributed by atoms with van der Waals surface area (Å²) in [5, 5.41) is 24.5. The van der Waals surface area contributed by atoms with E-state index in [1.54, 1.807) is 13.8 Å². The van der Waals surface area contributed by atoms with Crippen LogP contribution in [-0.4, -0.2) is 25.8 Å². The first-order valence-electron chi connectivity index (χ1n) is 5.56. The van der Waals surface area contributed by atoms with E-state index in [2.05, 4.69) is 5.10 Å². The lowest BCUT2D eigenvalue weighted by Gasteiger charge is -2.08. The normalized spacial score (nSPS) is 10.6. The van der Waals surface area contributed by atoms with Crippen molar-refractivity contribution in [1.82, 2.24) is 9.78 Å². The number of aromatic carboxylic acids is 1. The van der Waals surface area contributed by atoms with Crippen LogP contribution in [0, 0.1) is 24.0 Å². The van der Waals surface area contributed by atoms with Crippen molar-refractivity contribution in [3.05, 3.63) is 50.3 Å². The lowest BCUT2D eigenvalue weighted by atomic mass is 10.1. The van der Waals surface area contributed by atoms with Gasteiger partial charge in [-0.05, 0) is 19.9 Å². The fourth-order valence-corrected chi connectivity index (χ4v) is 1.97. The van der Waals surface area contributed by atoms with E-state index in [9.17, 15) is 20.0 Å². The topological polar surface area (TPSA) is 98.3 Å². The number of carbonyl (C=O) groups is 1. The number of carboxylic acids is 1. The highest BCUT2D eigenvalue weighted by molar-refractivity contribution is 6.31.